The van der Waals surface area contributed by atoms with E-state index < -0.39 is 0 Å². The molecule has 0 aliphatic heterocycles. The van der Waals surface area contributed by atoms with Crippen molar-refractivity contribution in [3.05, 3.63) is 40.9 Å². The first-order valence-corrected chi connectivity index (χ1v) is 6.65. The fourth-order valence-corrected chi connectivity index (χ4v) is 1.62. The van der Waals surface area contributed by atoms with Gasteiger partial charge in [0.05, 0.1) is 6.61 Å². The summed E-state index contributed by atoms with van der Waals surface area (Å²) in [6, 6.07) is 7.78. The van der Waals surface area contributed by atoms with Crippen LogP contribution in [0.1, 0.15) is 12.0 Å². The molecule has 0 aliphatic carbocycles. The van der Waals surface area contributed by atoms with Gasteiger partial charge >= 0.3 is 0 Å². The molecule has 0 spiro atoms. The first-order valence-electron chi connectivity index (χ1n) is 6.27. The lowest BCUT2D eigenvalue weighted by molar-refractivity contribution is 0.292. The maximum atomic E-state index is 8.57. The number of nitrogens with one attached hydrogen (secondary N) is 2. The predicted molar refractivity (Wildman–Crippen MR) is 77.9 cm³/mol. The van der Waals surface area contributed by atoms with Crippen LogP contribution in [0.4, 0.5) is 0 Å². The minimum atomic E-state index is 0.206. The van der Waals surface area contributed by atoms with Crippen molar-refractivity contribution in [2.45, 2.75) is 6.42 Å². The number of benzene rings is 1. The molecule has 4 heteroatoms. The molecule has 0 unspecified atom stereocenters. The molecule has 18 heavy (non-hydrogen) atoms. The van der Waals surface area contributed by atoms with E-state index in [1.165, 1.54) is 0 Å². The number of hydrogen-bond acceptors (Lipinski definition) is 3. The molecule has 0 aliphatic rings. The van der Waals surface area contributed by atoms with E-state index in [1.54, 1.807) is 0 Å². The van der Waals surface area contributed by atoms with E-state index in [9.17, 15) is 0 Å². The van der Waals surface area contributed by atoms with E-state index >= 15 is 0 Å². The van der Waals surface area contributed by atoms with E-state index in [0.29, 0.717) is 6.54 Å². The van der Waals surface area contributed by atoms with Crippen molar-refractivity contribution < 1.29 is 5.11 Å². The second-order valence-corrected chi connectivity index (χ2v) is 4.42. The van der Waals surface area contributed by atoms with Crippen LogP contribution < -0.4 is 10.6 Å². The molecule has 0 saturated carbocycles. The first-order chi connectivity index (χ1) is 8.83. The highest BCUT2D eigenvalue weighted by atomic mass is 35.5. The van der Waals surface area contributed by atoms with Crippen molar-refractivity contribution in [3.63, 3.8) is 0 Å². The van der Waals surface area contributed by atoms with Crippen LogP contribution in [0.5, 0.6) is 0 Å². The van der Waals surface area contributed by atoms with Gasteiger partial charge in [0, 0.05) is 18.1 Å². The molecule has 3 nitrogen and oxygen atoms in total. The highest BCUT2D eigenvalue weighted by molar-refractivity contribution is 6.30. The molecule has 1 aromatic rings. The van der Waals surface area contributed by atoms with Gasteiger partial charge in [-0.1, -0.05) is 35.9 Å². The zero-order valence-electron chi connectivity index (χ0n) is 10.5. The highest BCUT2D eigenvalue weighted by Gasteiger charge is 1.88. The lowest BCUT2D eigenvalue weighted by Crippen LogP contribution is -2.24. The lowest BCUT2D eigenvalue weighted by atomic mass is 10.2. The molecular formula is C14H21ClN2O. The Balaban J connectivity index is 2.02. The molecule has 1 aromatic carbocycles. The zero-order chi connectivity index (χ0) is 13.1. The molecule has 100 valence electrons. The van der Waals surface area contributed by atoms with Crippen LogP contribution in [0.15, 0.2) is 30.3 Å². The Hall–Kier alpha value is -0.870. The Kier molecular flexibility index (Phi) is 8.51. The van der Waals surface area contributed by atoms with E-state index in [2.05, 4.69) is 22.8 Å². The minimum absolute atomic E-state index is 0.206. The van der Waals surface area contributed by atoms with Crippen molar-refractivity contribution >= 4 is 17.7 Å². The van der Waals surface area contributed by atoms with E-state index in [-0.39, 0.29) is 6.61 Å². The van der Waals surface area contributed by atoms with Crippen LogP contribution >= 0.6 is 11.6 Å². The van der Waals surface area contributed by atoms with Crippen molar-refractivity contribution in [1.82, 2.24) is 10.6 Å². The maximum Gasteiger partial charge on any atom is 0.0555 e. The van der Waals surface area contributed by atoms with Gasteiger partial charge in [0.1, 0.15) is 0 Å². The van der Waals surface area contributed by atoms with Crippen molar-refractivity contribution in [2.75, 3.05) is 32.8 Å². The molecule has 0 aromatic heterocycles. The molecular weight excluding hydrogens is 248 g/mol. The van der Waals surface area contributed by atoms with Gasteiger partial charge in [-0.05, 0) is 37.2 Å². The van der Waals surface area contributed by atoms with Crippen molar-refractivity contribution in [1.29, 1.82) is 0 Å². The van der Waals surface area contributed by atoms with Gasteiger partial charge in [-0.15, -0.1) is 0 Å². The largest absolute Gasteiger partial charge is 0.395 e. The third-order valence-electron chi connectivity index (χ3n) is 2.44. The fourth-order valence-electron chi connectivity index (χ4n) is 1.50. The van der Waals surface area contributed by atoms with Gasteiger partial charge in [0.25, 0.3) is 0 Å². The highest BCUT2D eigenvalue weighted by Crippen LogP contribution is 2.10. The topological polar surface area (TPSA) is 44.3 Å². The summed E-state index contributed by atoms with van der Waals surface area (Å²) >= 11 is 5.81. The Morgan fingerprint density at radius 3 is 2.50 bits per heavy atom. The normalized spacial score (nSPS) is 11.2. The molecule has 0 fully saturated rings. The Morgan fingerprint density at radius 2 is 1.78 bits per heavy atom. The Morgan fingerprint density at radius 1 is 1.06 bits per heavy atom. The van der Waals surface area contributed by atoms with Crippen LogP contribution in [0.3, 0.4) is 0 Å². The van der Waals surface area contributed by atoms with Crippen LogP contribution in [-0.2, 0) is 0 Å². The second kappa shape index (κ2) is 10.1. The molecule has 0 radical (unpaired) electrons. The number of hydrogen-bond donors (Lipinski definition) is 3. The summed E-state index contributed by atoms with van der Waals surface area (Å²) in [5.74, 6) is 0. The smallest absolute Gasteiger partial charge is 0.0555 e. The van der Waals surface area contributed by atoms with Gasteiger partial charge in [0.2, 0.25) is 0 Å². The quantitative estimate of drug-likeness (QED) is 0.600. The third kappa shape index (κ3) is 7.45. The first kappa shape index (κ1) is 15.2. The standard InChI is InChI=1S/C14H21ClN2O/c15-14-6-4-13(5-7-14)3-1-8-16-9-2-10-17-11-12-18/h1,3-7,16-18H,2,8-12H2/b3-1+. The number of halogens is 1. The van der Waals surface area contributed by atoms with Gasteiger partial charge in [0.15, 0.2) is 0 Å². The second-order valence-electron chi connectivity index (χ2n) is 3.99. The lowest BCUT2D eigenvalue weighted by Gasteiger charge is -2.03. The maximum absolute atomic E-state index is 8.57. The molecule has 0 atom stereocenters. The van der Waals surface area contributed by atoms with Crippen LogP contribution in [0.25, 0.3) is 6.08 Å². The Labute approximate surface area is 114 Å². The molecule has 0 amide bonds. The van der Waals surface area contributed by atoms with Crippen LogP contribution in [0.2, 0.25) is 5.02 Å². The van der Waals surface area contributed by atoms with Gasteiger partial charge in [-0.2, -0.15) is 0 Å². The average Bonchev–Trinajstić information content (AvgIpc) is 2.39. The summed E-state index contributed by atoms with van der Waals surface area (Å²) < 4.78 is 0. The summed E-state index contributed by atoms with van der Waals surface area (Å²) in [5.41, 5.74) is 1.16. The van der Waals surface area contributed by atoms with E-state index in [1.807, 2.05) is 24.3 Å². The molecule has 0 bridgehead atoms. The number of aliphatic hydroxyl groups excluding tert-OH is 1. The van der Waals surface area contributed by atoms with Crippen molar-refractivity contribution in [2.24, 2.45) is 0 Å². The van der Waals surface area contributed by atoms with Gasteiger partial charge in [-0.25, -0.2) is 0 Å². The monoisotopic (exact) mass is 268 g/mol. The summed E-state index contributed by atoms with van der Waals surface area (Å²) in [5, 5.41) is 15.8. The summed E-state index contributed by atoms with van der Waals surface area (Å²) in [4.78, 5) is 0. The third-order valence-corrected chi connectivity index (χ3v) is 2.69. The van der Waals surface area contributed by atoms with E-state index in [0.717, 1.165) is 36.6 Å². The van der Waals surface area contributed by atoms with Gasteiger partial charge in [-0.3, -0.25) is 0 Å². The van der Waals surface area contributed by atoms with Crippen molar-refractivity contribution in [3.8, 4) is 0 Å². The fraction of sp³-hybridized carbons (Fsp3) is 0.429. The zero-order valence-corrected chi connectivity index (χ0v) is 11.3. The van der Waals surface area contributed by atoms with Crippen LogP contribution in [0, 0.1) is 0 Å². The molecule has 0 heterocycles. The summed E-state index contributed by atoms with van der Waals surface area (Å²) in [6.07, 6.45) is 5.24. The summed E-state index contributed by atoms with van der Waals surface area (Å²) in [7, 11) is 0. The average molecular weight is 269 g/mol. The van der Waals surface area contributed by atoms with E-state index in [4.69, 9.17) is 16.7 Å². The Bertz CT molecular complexity index is 338. The molecule has 1 rings (SSSR count). The predicted octanol–water partition coefficient (Wildman–Crippen LogP) is 1.91. The summed E-state index contributed by atoms with van der Waals surface area (Å²) in [6.45, 7) is 3.66. The molecule has 3 N–H and O–H groups in total. The van der Waals surface area contributed by atoms with Crippen LogP contribution in [-0.4, -0.2) is 37.9 Å². The van der Waals surface area contributed by atoms with Gasteiger partial charge < -0.3 is 15.7 Å². The number of rotatable bonds is 9. The minimum Gasteiger partial charge on any atom is -0.395 e. The number of aliphatic hydroxyl groups is 1. The SMILES string of the molecule is OCCNCCCNC/C=C/c1ccc(Cl)cc1. The molecule has 0 saturated heterocycles.